The molecule has 5 rings (SSSR count). The molecule has 110 valence electrons. The fourth-order valence-corrected chi connectivity index (χ4v) is 4.59. The van der Waals surface area contributed by atoms with Crippen LogP contribution < -0.4 is 4.74 Å². The zero-order valence-corrected chi connectivity index (χ0v) is 13.5. The zero-order chi connectivity index (χ0) is 15.4. The van der Waals surface area contributed by atoms with Crippen molar-refractivity contribution in [3.63, 3.8) is 0 Å². The molecule has 0 fully saturated rings. The second kappa shape index (κ2) is 4.71. The summed E-state index contributed by atoms with van der Waals surface area (Å²) >= 11 is 1.87. The van der Waals surface area contributed by atoms with Gasteiger partial charge in [0.1, 0.15) is 5.75 Å². The monoisotopic (exact) mass is 314 g/mol. The van der Waals surface area contributed by atoms with Crippen LogP contribution in [0.3, 0.4) is 0 Å². The second-order valence-corrected chi connectivity index (χ2v) is 6.87. The fraction of sp³-hybridized carbons (Fsp3) is 0.0476. The van der Waals surface area contributed by atoms with Crippen LogP contribution in [0.4, 0.5) is 0 Å². The minimum absolute atomic E-state index is 0.902. The van der Waals surface area contributed by atoms with Crippen LogP contribution in [0, 0.1) is 0 Å². The molecule has 0 atom stereocenters. The Kier molecular flexibility index (Phi) is 2.64. The summed E-state index contributed by atoms with van der Waals surface area (Å²) in [6.45, 7) is 0. The normalized spacial score (nSPS) is 11.7. The molecule has 0 amide bonds. The van der Waals surface area contributed by atoms with Crippen molar-refractivity contribution in [3.05, 3.63) is 66.7 Å². The summed E-state index contributed by atoms with van der Waals surface area (Å²) in [5.41, 5.74) is 0. The van der Waals surface area contributed by atoms with E-state index < -0.39 is 0 Å². The van der Waals surface area contributed by atoms with Crippen molar-refractivity contribution in [1.82, 2.24) is 0 Å². The lowest BCUT2D eigenvalue weighted by molar-refractivity contribution is 0.415. The second-order valence-electron chi connectivity index (χ2n) is 5.79. The van der Waals surface area contributed by atoms with Gasteiger partial charge in [-0.25, -0.2) is 0 Å². The van der Waals surface area contributed by atoms with E-state index >= 15 is 0 Å². The lowest BCUT2D eigenvalue weighted by Crippen LogP contribution is -1.84. The highest BCUT2D eigenvalue weighted by Crippen LogP contribution is 2.41. The number of fused-ring (bicyclic) bond motifs is 7. The van der Waals surface area contributed by atoms with Gasteiger partial charge in [-0.3, -0.25) is 0 Å². The van der Waals surface area contributed by atoms with E-state index in [1.165, 1.54) is 41.7 Å². The highest BCUT2D eigenvalue weighted by atomic mass is 32.1. The first-order valence-electron chi connectivity index (χ1n) is 7.66. The van der Waals surface area contributed by atoms with Crippen LogP contribution in [0.25, 0.3) is 41.7 Å². The fourth-order valence-electron chi connectivity index (χ4n) is 3.47. The van der Waals surface area contributed by atoms with Gasteiger partial charge in [0.15, 0.2) is 0 Å². The Morgan fingerprint density at radius 2 is 1.52 bits per heavy atom. The van der Waals surface area contributed by atoms with Crippen LogP contribution in [0.2, 0.25) is 0 Å². The number of thiophene rings is 1. The third-order valence-corrected chi connectivity index (χ3v) is 5.68. The minimum atomic E-state index is 0.902. The van der Waals surface area contributed by atoms with Crippen molar-refractivity contribution >= 4 is 53.1 Å². The predicted octanol–water partition coefficient (Wildman–Crippen LogP) is 6.37. The predicted molar refractivity (Wildman–Crippen MR) is 101 cm³/mol. The molecule has 0 aliphatic heterocycles. The van der Waals surface area contributed by atoms with Gasteiger partial charge in [0, 0.05) is 20.2 Å². The van der Waals surface area contributed by atoms with Gasteiger partial charge in [0.25, 0.3) is 0 Å². The van der Waals surface area contributed by atoms with E-state index in [0.717, 1.165) is 5.75 Å². The van der Waals surface area contributed by atoms with Gasteiger partial charge in [-0.2, -0.15) is 0 Å². The van der Waals surface area contributed by atoms with Crippen molar-refractivity contribution < 1.29 is 4.74 Å². The summed E-state index contributed by atoms with van der Waals surface area (Å²) in [6, 6.07) is 23.9. The number of hydrogen-bond acceptors (Lipinski definition) is 2. The van der Waals surface area contributed by atoms with Gasteiger partial charge in [0.05, 0.1) is 7.11 Å². The topological polar surface area (TPSA) is 9.23 Å². The van der Waals surface area contributed by atoms with Crippen molar-refractivity contribution in [3.8, 4) is 5.75 Å². The quantitative estimate of drug-likeness (QED) is 0.327. The molecule has 0 aliphatic carbocycles. The SMILES string of the molecule is COc1ccc2c(ccc3ccc4sc5ccccc5c4c32)c1. The molecule has 5 aromatic rings. The number of rotatable bonds is 1. The Bertz CT molecular complexity index is 1200. The van der Waals surface area contributed by atoms with Crippen LogP contribution >= 0.6 is 11.3 Å². The number of methoxy groups -OCH3 is 1. The Balaban J connectivity index is 2.07. The smallest absolute Gasteiger partial charge is 0.119 e. The highest BCUT2D eigenvalue weighted by Gasteiger charge is 2.11. The van der Waals surface area contributed by atoms with Gasteiger partial charge in [0.2, 0.25) is 0 Å². The minimum Gasteiger partial charge on any atom is -0.497 e. The summed E-state index contributed by atoms with van der Waals surface area (Å²) in [7, 11) is 1.72. The van der Waals surface area contributed by atoms with Crippen LogP contribution in [0.5, 0.6) is 5.75 Å². The lowest BCUT2D eigenvalue weighted by Gasteiger charge is -2.08. The largest absolute Gasteiger partial charge is 0.497 e. The van der Waals surface area contributed by atoms with E-state index in [0.29, 0.717) is 0 Å². The van der Waals surface area contributed by atoms with Crippen LogP contribution in [-0.4, -0.2) is 7.11 Å². The molecule has 0 unspecified atom stereocenters. The molecule has 1 heterocycles. The average Bonchev–Trinajstić information content (AvgIpc) is 2.99. The molecule has 0 bridgehead atoms. The Morgan fingerprint density at radius 3 is 2.43 bits per heavy atom. The van der Waals surface area contributed by atoms with Gasteiger partial charge in [-0.05, 0) is 45.8 Å². The van der Waals surface area contributed by atoms with Gasteiger partial charge < -0.3 is 4.74 Å². The molecule has 1 nitrogen and oxygen atoms in total. The van der Waals surface area contributed by atoms with E-state index in [-0.39, 0.29) is 0 Å². The first-order chi connectivity index (χ1) is 11.3. The third kappa shape index (κ3) is 1.79. The van der Waals surface area contributed by atoms with Crippen LogP contribution in [0.15, 0.2) is 66.7 Å². The van der Waals surface area contributed by atoms with E-state index in [1.807, 2.05) is 11.3 Å². The zero-order valence-electron chi connectivity index (χ0n) is 12.7. The molecule has 0 saturated heterocycles. The molecule has 2 heteroatoms. The van der Waals surface area contributed by atoms with Gasteiger partial charge >= 0.3 is 0 Å². The van der Waals surface area contributed by atoms with Crippen molar-refractivity contribution in [2.45, 2.75) is 0 Å². The van der Waals surface area contributed by atoms with Crippen LogP contribution in [0.1, 0.15) is 0 Å². The Hall–Kier alpha value is -2.58. The number of ether oxygens (including phenoxy) is 1. The molecular weight excluding hydrogens is 300 g/mol. The van der Waals surface area contributed by atoms with Gasteiger partial charge in [-0.1, -0.05) is 42.5 Å². The molecule has 0 aliphatic rings. The highest BCUT2D eigenvalue weighted by molar-refractivity contribution is 7.26. The average molecular weight is 314 g/mol. The molecule has 1 aromatic heterocycles. The van der Waals surface area contributed by atoms with E-state index in [2.05, 4.69) is 66.7 Å². The maximum Gasteiger partial charge on any atom is 0.119 e. The third-order valence-electron chi connectivity index (χ3n) is 4.55. The van der Waals surface area contributed by atoms with Crippen molar-refractivity contribution in [1.29, 1.82) is 0 Å². The maximum atomic E-state index is 5.38. The van der Waals surface area contributed by atoms with Gasteiger partial charge in [-0.15, -0.1) is 11.3 Å². The van der Waals surface area contributed by atoms with Crippen molar-refractivity contribution in [2.24, 2.45) is 0 Å². The summed E-state index contributed by atoms with van der Waals surface area (Å²) in [5.74, 6) is 0.902. The molecule has 0 saturated carbocycles. The van der Waals surface area contributed by atoms with Crippen molar-refractivity contribution in [2.75, 3.05) is 7.11 Å². The molecular formula is C21H14OS. The Labute approximate surface area is 137 Å². The van der Waals surface area contributed by atoms with E-state index in [1.54, 1.807) is 7.11 Å². The Morgan fingerprint density at radius 1 is 0.696 bits per heavy atom. The molecule has 4 aromatic carbocycles. The number of benzene rings is 4. The number of hydrogen-bond donors (Lipinski definition) is 0. The molecule has 23 heavy (non-hydrogen) atoms. The van der Waals surface area contributed by atoms with Crippen LogP contribution in [-0.2, 0) is 0 Å². The molecule has 0 spiro atoms. The standard InChI is InChI=1S/C21H14OS/c1-22-15-9-10-16-14(12-15)7-6-13-8-11-19-21(20(13)16)17-4-2-3-5-18(17)23-19/h2-12H,1H3. The molecule has 0 radical (unpaired) electrons. The summed E-state index contributed by atoms with van der Waals surface area (Å²) in [6.07, 6.45) is 0. The summed E-state index contributed by atoms with van der Waals surface area (Å²) < 4.78 is 8.08. The van der Waals surface area contributed by atoms with E-state index in [4.69, 9.17) is 4.74 Å². The summed E-state index contributed by atoms with van der Waals surface area (Å²) in [4.78, 5) is 0. The maximum absolute atomic E-state index is 5.38. The first-order valence-corrected chi connectivity index (χ1v) is 8.47. The summed E-state index contributed by atoms with van der Waals surface area (Å²) in [5, 5.41) is 7.87. The lowest BCUT2D eigenvalue weighted by atomic mass is 9.97. The van der Waals surface area contributed by atoms with E-state index in [9.17, 15) is 0 Å². The molecule has 0 N–H and O–H groups in total. The first kappa shape index (κ1) is 12.9.